The molecule has 2 heterocycles. The number of carboxylic acid groups (broad SMARTS) is 1. The highest BCUT2D eigenvalue weighted by atomic mass is 35.5. The highest BCUT2D eigenvalue weighted by molar-refractivity contribution is 6.33. The zero-order valence-corrected chi connectivity index (χ0v) is 9.69. The summed E-state index contributed by atoms with van der Waals surface area (Å²) in [5, 5.41) is 9.64. The first-order chi connectivity index (χ1) is 7.52. The molecule has 2 rings (SSSR count). The van der Waals surface area contributed by atoms with Crippen molar-refractivity contribution in [2.75, 3.05) is 0 Å². The normalized spacial score (nSPS) is 11.2. The first-order valence-corrected chi connectivity index (χ1v) is 5.30. The van der Waals surface area contributed by atoms with Crippen molar-refractivity contribution in [2.45, 2.75) is 19.8 Å². The maximum Gasteiger partial charge on any atom is 0.354 e. The predicted molar refractivity (Wildman–Crippen MR) is 61.3 cm³/mol. The topological polar surface area (TPSA) is 54.6 Å². The molecule has 84 valence electrons. The Morgan fingerprint density at radius 2 is 2.25 bits per heavy atom. The minimum absolute atomic E-state index is 0.0436. The summed E-state index contributed by atoms with van der Waals surface area (Å²) >= 11 is 5.98. The Morgan fingerprint density at radius 1 is 1.56 bits per heavy atom. The average molecular weight is 239 g/mol. The molecule has 0 saturated heterocycles. The van der Waals surface area contributed by atoms with E-state index in [1.54, 1.807) is 18.3 Å². The molecule has 0 bridgehead atoms. The van der Waals surface area contributed by atoms with Crippen LogP contribution in [0.5, 0.6) is 0 Å². The van der Waals surface area contributed by atoms with Gasteiger partial charge in [0.2, 0.25) is 0 Å². The number of hydrogen-bond donors (Lipinski definition) is 1. The van der Waals surface area contributed by atoms with Gasteiger partial charge < -0.3 is 5.11 Å². The number of fused-ring (bicyclic) bond motifs is 1. The van der Waals surface area contributed by atoms with E-state index in [0.717, 1.165) is 0 Å². The van der Waals surface area contributed by atoms with E-state index in [9.17, 15) is 9.90 Å². The standard InChI is InChI=1S/C11H11ClN2O2/c1-6(2)8-9(11(15)16)14-5-3-4-7(12)10(14)13-8/h3-6H,1-2H3,(H,15,16). The van der Waals surface area contributed by atoms with Crippen molar-refractivity contribution in [3.63, 3.8) is 0 Å². The second kappa shape index (κ2) is 3.79. The zero-order valence-electron chi connectivity index (χ0n) is 8.94. The van der Waals surface area contributed by atoms with E-state index < -0.39 is 5.97 Å². The van der Waals surface area contributed by atoms with Crippen molar-refractivity contribution >= 4 is 23.2 Å². The fourth-order valence-electron chi connectivity index (χ4n) is 1.67. The van der Waals surface area contributed by atoms with Crippen molar-refractivity contribution in [3.8, 4) is 0 Å². The van der Waals surface area contributed by atoms with Crippen LogP contribution in [-0.2, 0) is 0 Å². The van der Waals surface area contributed by atoms with Crippen LogP contribution >= 0.6 is 11.6 Å². The monoisotopic (exact) mass is 238 g/mol. The van der Waals surface area contributed by atoms with Gasteiger partial charge in [0.15, 0.2) is 11.3 Å². The SMILES string of the molecule is CC(C)c1nc2c(Cl)cccn2c1C(=O)O. The van der Waals surface area contributed by atoms with Gasteiger partial charge in [-0.2, -0.15) is 0 Å². The molecule has 0 fully saturated rings. The van der Waals surface area contributed by atoms with Gasteiger partial charge in [-0.15, -0.1) is 0 Å². The fourth-order valence-corrected chi connectivity index (χ4v) is 1.87. The lowest BCUT2D eigenvalue weighted by Gasteiger charge is -2.02. The molecule has 0 aromatic carbocycles. The number of carboxylic acids is 1. The molecular formula is C11H11ClN2O2. The number of hydrogen-bond acceptors (Lipinski definition) is 2. The van der Waals surface area contributed by atoms with Gasteiger partial charge in [0.25, 0.3) is 0 Å². The largest absolute Gasteiger partial charge is 0.477 e. The van der Waals surface area contributed by atoms with E-state index in [0.29, 0.717) is 16.4 Å². The summed E-state index contributed by atoms with van der Waals surface area (Å²) in [5.74, 6) is -0.944. The number of aromatic nitrogens is 2. The molecule has 5 heteroatoms. The van der Waals surface area contributed by atoms with Gasteiger partial charge >= 0.3 is 5.97 Å². The van der Waals surface area contributed by atoms with Crippen LogP contribution in [-0.4, -0.2) is 20.5 Å². The van der Waals surface area contributed by atoms with Crippen LogP contribution < -0.4 is 0 Å². The third-order valence-corrected chi connectivity index (χ3v) is 2.67. The molecular weight excluding hydrogens is 228 g/mol. The lowest BCUT2D eigenvalue weighted by Crippen LogP contribution is -2.06. The molecule has 0 aliphatic heterocycles. The molecule has 16 heavy (non-hydrogen) atoms. The van der Waals surface area contributed by atoms with Crippen LogP contribution in [0.25, 0.3) is 5.65 Å². The maximum absolute atomic E-state index is 11.2. The molecule has 4 nitrogen and oxygen atoms in total. The smallest absolute Gasteiger partial charge is 0.354 e. The molecule has 0 atom stereocenters. The van der Waals surface area contributed by atoms with E-state index in [1.807, 2.05) is 13.8 Å². The Balaban J connectivity index is 2.86. The maximum atomic E-state index is 11.2. The Labute approximate surface area is 97.5 Å². The van der Waals surface area contributed by atoms with Gasteiger partial charge in [0, 0.05) is 6.20 Å². The summed E-state index contributed by atoms with van der Waals surface area (Å²) in [6.45, 7) is 3.81. The number of pyridine rings is 1. The molecule has 2 aromatic rings. The van der Waals surface area contributed by atoms with E-state index in [4.69, 9.17) is 11.6 Å². The third-order valence-electron chi connectivity index (χ3n) is 2.38. The van der Waals surface area contributed by atoms with Crippen molar-refractivity contribution in [3.05, 3.63) is 34.7 Å². The number of nitrogens with zero attached hydrogens (tertiary/aromatic N) is 2. The minimum atomic E-state index is -0.988. The molecule has 0 aliphatic carbocycles. The van der Waals surface area contributed by atoms with Crippen LogP contribution in [0.4, 0.5) is 0 Å². The van der Waals surface area contributed by atoms with E-state index in [2.05, 4.69) is 4.98 Å². The Kier molecular flexibility index (Phi) is 2.59. The summed E-state index contributed by atoms with van der Waals surface area (Å²) in [6.07, 6.45) is 1.66. The molecule has 0 saturated carbocycles. The van der Waals surface area contributed by atoms with Crippen LogP contribution in [0.3, 0.4) is 0 Å². The number of imidazole rings is 1. The number of aromatic carboxylic acids is 1. The Hall–Kier alpha value is -1.55. The Bertz CT molecular complexity index is 560. The quantitative estimate of drug-likeness (QED) is 0.875. The molecule has 0 spiro atoms. The zero-order chi connectivity index (χ0) is 11.9. The predicted octanol–water partition coefficient (Wildman–Crippen LogP) is 2.81. The molecule has 0 aliphatic rings. The minimum Gasteiger partial charge on any atom is -0.477 e. The molecule has 2 aromatic heterocycles. The van der Waals surface area contributed by atoms with Crippen molar-refractivity contribution in [1.82, 2.24) is 9.38 Å². The Morgan fingerprint density at radius 3 is 2.81 bits per heavy atom. The number of rotatable bonds is 2. The lowest BCUT2D eigenvalue weighted by atomic mass is 10.1. The summed E-state index contributed by atoms with van der Waals surface area (Å²) in [6, 6.07) is 3.40. The van der Waals surface area contributed by atoms with Crippen molar-refractivity contribution in [1.29, 1.82) is 0 Å². The van der Waals surface area contributed by atoms with Crippen LogP contribution in [0.1, 0.15) is 35.9 Å². The van der Waals surface area contributed by atoms with E-state index in [-0.39, 0.29) is 11.6 Å². The van der Waals surface area contributed by atoms with Crippen LogP contribution in [0.15, 0.2) is 18.3 Å². The van der Waals surface area contributed by atoms with Gasteiger partial charge in [-0.05, 0) is 18.1 Å². The van der Waals surface area contributed by atoms with Crippen LogP contribution in [0, 0.1) is 0 Å². The van der Waals surface area contributed by atoms with E-state index >= 15 is 0 Å². The molecule has 0 amide bonds. The van der Waals surface area contributed by atoms with Gasteiger partial charge in [0.05, 0.1) is 10.7 Å². The second-order valence-corrected chi connectivity index (χ2v) is 4.26. The van der Waals surface area contributed by atoms with Gasteiger partial charge in [-0.1, -0.05) is 25.4 Å². The first-order valence-electron chi connectivity index (χ1n) is 4.92. The average Bonchev–Trinajstić information content (AvgIpc) is 2.58. The van der Waals surface area contributed by atoms with Gasteiger partial charge in [0.1, 0.15) is 0 Å². The molecule has 1 N–H and O–H groups in total. The lowest BCUT2D eigenvalue weighted by molar-refractivity contribution is 0.0687. The van der Waals surface area contributed by atoms with Crippen LogP contribution in [0.2, 0.25) is 5.02 Å². The third kappa shape index (κ3) is 1.55. The molecule has 0 radical (unpaired) electrons. The van der Waals surface area contributed by atoms with Crippen molar-refractivity contribution in [2.24, 2.45) is 0 Å². The first kappa shape index (κ1) is 11.0. The number of carbonyl (C=O) groups is 1. The summed E-state index contributed by atoms with van der Waals surface area (Å²) in [4.78, 5) is 15.5. The van der Waals surface area contributed by atoms with Crippen molar-refractivity contribution < 1.29 is 9.90 Å². The summed E-state index contributed by atoms with van der Waals surface area (Å²) < 4.78 is 1.51. The molecule has 0 unspecified atom stereocenters. The van der Waals surface area contributed by atoms with E-state index in [1.165, 1.54) is 4.40 Å². The van der Waals surface area contributed by atoms with Gasteiger partial charge in [-0.25, -0.2) is 9.78 Å². The number of halogens is 1. The van der Waals surface area contributed by atoms with Gasteiger partial charge in [-0.3, -0.25) is 4.40 Å². The summed E-state index contributed by atoms with van der Waals surface area (Å²) in [7, 11) is 0. The fraction of sp³-hybridized carbons (Fsp3) is 0.273. The second-order valence-electron chi connectivity index (χ2n) is 3.86. The highest BCUT2D eigenvalue weighted by Crippen LogP contribution is 2.24. The highest BCUT2D eigenvalue weighted by Gasteiger charge is 2.21. The summed E-state index contributed by atoms with van der Waals surface area (Å²) in [5.41, 5.74) is 1.23.